The van der Waals surface area contributed by atoms with E-state index < -0.39 is 18.0 Å². The van der Waals surface area contributed by atoms with Crippen LogP contribution in [0.2, 0.25) is 0 Å². The van der Waals surface area contributed by atoms with E-state index in [4.69, 9.17) is 19.3 Å². The molecule has 8 heteroatoms. The summed E-state index contributed by atoms with van der Waals surface area (Å²) < 4.78 is 15.7. The number of carbonyl (C=O) groups is 2. The van der Waals surface area contributed by atoms with Gasteiger partial charge in [-0.25, -0.2) is 9.59 Å². The van der Waals surface area contributed by atoms with E-state index in [1.165, 1.54) is 21.3 Å². The summed E-state index contributed by atoms with van der Waals surface area (Å²) in [7, 11) is 4.51. The third-order valence-corrected chi connectivity index (χ3v) is 3.40. The summed E-state index contributed by atoms with van der Waals surface area (Å²) >= 11 is 0. The van der Waals surface area contributed by atoms with Gasteiger partial charge in [-0.3, -0.25) is 0 Å². The number of nitrogens with one attached hydrogen (secondary N) is 2. The Hall–Kier alpha value is -2.64. The maximum Gasteiger partial charge on any atom is 0.326 e. The second-order valence-electron chi connectivity index (χ2n) is 5.42. The zero-order chi connectivity index (χ0) is 18.3. The fourth-order valence-electron chi connectivity index (χ4n) is 2.13. The highest BCUT2D eigenvalue weighted by Gasteiger charge is 2.23. The first kappa shape index (κ1) is 19.4. The van der Waals surface area contributed by atoms with Gasteiger partial charge in [-0.2, -0.15) is 0 Å². The van der Waals surface area contributed by atoms with E-state index in [1.807, 2.05) is 0 Å². The van der Waals surface area contributed by atoms with Crippen molar-refractivity contribution in [3.63, 3.8) is 0 Å². The van der Waals surface area contributed by atoms with Crippen LogP contribution in [0.25, 0.3) is 0 Å². The summed E-state index contributed by atoms with van der Waals surface area (Å²) in [5, 5.41) is 14.1. The molecule has 0 heterocycles. The van der Waals surface area contributed by atoms with E-state index >= 15 is 0 Å². The summed E-state index contributed by atoms with van der Waals surface area (Å²) in [5.74, 6) is 0.0978. The van der Waals surface area contributed by atoms with E-state index in [-0.39, 0.29) is 12.5 Å². The molecule has 3 N–H and O–H groups in total. The molecule has 1 aromatic rings. The van der Waals surface area contributed by atoms with Crippen molar-refractivity contribution in [2.24, 2.45) is 5.92 Å². The van der Waals surface area contributed by atoms with Crippen molar-refractivity contribution in [1.82, 2.24) is 10.6 Å². The Balaban J connectivity index is 2.80. The fourth-order valence-corrected chi connectivity index (χ4v) is 2.13. The van der Waals surface area contributed by atoms with E-state index in [1.54, 1.807) is 26.0 Å². The molecule has 1 atom stereocenters. The number of carboxylic acid groups (broad SMARTS) is 1. The lowest BCUT2D eigenvalue weighted by Crippen LogP contribution is -2.48. The number of hydrogen-bond donors (Lipinski definition) is 3. The normalized spacial score (nSPS) is 11.6. The lowest BCUT2D eigenvalue weighted by molar-refractivity contribution is -0.140. The van der Waals surface area contributed by atoms with Gasteiger partial charge in [0.05, 0.1) is 21.3 Å². The number of methoxy groups -OCH3 is 3. The van der Waals surface area contributed by atoms with Gasteiger partial charge < -0.3 is 30.0 Å². The molecule has 0 aliphatic heterocycles. The molecule has 134 valence electrons. The highest BCUT2D eigenvalue weighted by atomic mass is 16.5. The van der Waals surface area contributed by atoms with Crippen molar-refractivity contribution in [2.45, 2.75) is 26.4 Å². The molecule has 0 aliphatic carbocycles. The van der Waals surface area contributed by atoms with Gasteiger partial charge in [0.25, 0.3) is 0 Å². The van der Waals surface area contributed by atoms with Crippen LogP contribution in [-0.4, -0.2) is 44.5 Å². The first-order valence-corrected chi connectivity index (χ1v) is 7.40. The summed E-state index contributed by atoms with van der Waals surface area (Å²) in [5.41, 5.74) is 0.719. The molecule has 8 nitrogen and oxygen atoms in total. The second kappa shape index (κ2) is 8.85. The van der Waals surface area contributed by atoms with Gasteiger partial charge in [0.2, 0.25) is 5.75 Å². The van der Waals surface area contributed by atoms with Gasteiger partial charge in [-0.15, -0.1) is 0 Å². The fraction of sp³-hybridized carbons (Fsp3) is 0.500. The number of rotatable bonds is 8. The molecule has 0 saturated heterocycles. The van der Waals surface area contributed by atoms with Crippen molar-refractivity contribution in [2.75, 3.05) is 21.3 Å². The number of benzene rings is 1. The van der Waals surface area contributed by atoms with Crippen molar-refractivity contribution >= 4 is 12.0 Å². The molecule has 0 aromatic heterocycles. The smallest absolute Gasteiger partial charge is 0.326 e. The van der Waals surface area contributed by atoms with Gasteiger partial charge >= 0.3 is 12.0 Å². The minimum absolute atomic E-state index is 0.174. The van der Waals surface area contributed by atoms with Crippen molar-refractivity contribution in [3.8, 4) is 17.2 Å². The summed E-state index contributed by atoms with van der Waals surface area (Å²) in [4.78, 5) is 23.0. The molecule has 0 spiro atoms. The predicted molar refractivity (Wildman–Crippen MR) is 87.7 cm³/mol. The number of carbonyl (C=O) groups excluding carboxylic acids is 1. The average molecular weight is 340 g/mol. The molecule has 24 heavy (non-hydrogen) atoms. The van der Waals surface area contributed by atoms with Gasteiger partial charge in [0.15, 0.2) is 11.5 Å². The molecule has 0 bridgehead atoms. The van der Waals surface area contributed by atoms with Gasteiger partial charge in [-0.05, 0) is 23.6 Å². The van der Waals surface area contributed by atoms with Gasteiger partial charge in [0, 0.05) is 6.54 Å². The Bertz CT molecular complexity index is 563. The van der Waals surface area contributed by atoms with Crippen LogP contribution in [0, 0.1) is 5.92 Å². The Morgan fingerprint density at radius 3 is 2.00 bits per heavy atom. The van der Waals surface area contributed by atoms with Crippen molar-refractivity contribution in [1.29, 1.82) is 0 Å². The molecule has 0 fully saturated rings. The van der Waals surface area contributed by atoms with Gasteiger partial charge in [-0.1, -0.05) is 13.8 Å². The Kier molecular flexibility index (Phi) is 7.16. The molecule has 1 unspecified atom stereocenters. The van der Waals surface area contributed by atoms with E-state index in [9.17, 15) is 9.59 Å². The van der Waals surface area contributed by atoms with Crippen LogP contribution in [0.3, 0.4) is 0 Å². The van der Waals surface area contributed by atoms with Crippen LogP contribution >= 0.6 is 0 Å². The summed E-state index contributed by atoms with van der Waals surface area (Å²) in [6.07, 6.45) is 0. The first-order chi connectivity index (χ1) is 11.3. The molecule has 0 saturated carbocycles. The van der Waals surface area contributed by atoms with Crippen molar-refractivity contribution < 1.29 is 28.9 Å². The summed E-state index contributed by atoms with van der Waals surface area (Å²) in [6.45, 7) is 3.61. The third-order valence-electron chi connectivity index (χ3n) is 3.40. The SMILES string of the molecule is COc1cc(CNC(=O)NC(C(=O)O)C(C)C)cc(OC)c1OC. The quantitative estimate of drug-likeness (QED) is 0.664. The van der Waals surface area contributed by atoms with E-state index in [0.29, 0.717) is 17.2 Å². The average Bonchev–Trinajstić information content (AvgIpc) is 2.55. The summed E-state index contributed by atoms with van der Waals surface area (Å²) in [6, 6.07) is 1.90. The Morgan fingerprint density at radius 1 is 1.08 bits per heavy atom. The number of urea groups is 1. The number of carboxylic acids is 1. The third kappa shape index (κ3) is 4.94. The highest BCUT2D eigenvalue weighted by molar-refractivity contribution is 5.82. The number of aliphatic carboxylic acids is 1. The van der Waals surface area contributed by atoms with Crippen LogP contribution < -0.4 is 24.8 Å². The van der Waals surface area contributed by atoms with Crippen LogP contribution in [0.1, 0.15) is 19.4 Å². The molecule has 1 rings (SSSR count). The number of amides is 2. The maximum atomic E-state index is 11.9. The predicted octanol–water partition coefficient (Wildman–Crippen LogP) is 1.62. The molecule has 2 amide bonds. The van der Waals surface area contributed by atoms with E-state index in [2.05, 4.69) is 10.6 Å². The molecule has 0 radical (unpaired) electrons. The second-order valence-corrected chi connectivity index (χ2v) is 5.42. The monoisotopic (exact) mass is 340 g/mol. The lowest BCUT2D eigenvalue weighted by Gasteiger charge is -2.18. The Labute approximate surface area is 141 Å². The minimum Gasteiger partial charge on any atom is -0.493 e. The topological polar surface area (TPSA) is 106 Å². The zero-order valence-corrected chi connectivity index (χ0v) is 14.5. The molecular weight excluding hydrogens is 316 g/mol. The lowest BCUT2D eigenvalue weighted by atomic mass is 10.1. The van der Waals surface area contributed by atoms with Crippen LogP contribution in [0.15, 0.2) is 12.1 Å². The molecular formula is C16H24N2O6. The largest absolute Gasteiger partial charge is 0.493 e. The van der Waals surface area contributed by atoms with Crippen LogP contribution in [0.4, 0.5) is 4.79 Å². The highest BCUT2D eigenvalue weighted by Crippen LogP contribution is 2.38. The molecule has 1 aromatic carbocycles. The number of ether oxygens (including phenoxy) is 3. The van der Waals surface area contributed by atoms with Gasteiger partial charge in [0.1, 0.15) is 6.04 Å². The number of hydrogen-bond acceptors (Lipinski definition) is 5. The van der Waals surface area contributed by atoms with E-state index in [0.717, 1.165) is 5.56 Å². The minimum atomic E-state index is -1.08. The van der Waals surface area contributed by atoms with Crippen LogP contribution in [0.5, 0.6) is 17.2 Å². The Morgan fingerprint density at radius 2 is 1.62 bits per heavy atom. The molecule has 0 aliphatic rings. The van der Waals surface area contributed by atoms with Crippen molar-refractivity contribution in [3.05, 3.63) is 17.7 Å². The standard InChI is InChI=1S/C16H24N2O6/c1-9(2)13(15(19)20)18-16(21)17-8-10-6-11(22-3)14(24-5)12(7-10)23-4/h6-7,9,13H,8H2,1-5H3,(H,19,20)(H2,17,18,21). The van der Waals surface area contributed by atoms with Crippen LogP contribution in [-0.2, 0) is 11.3 Å². The first-order valence-electron chi connectivity index (χ1n) is 7.40. The zero-order valence-electron chi connectivity index (χ0n) is 14.5. The maximum absolute atomic E-state index is 11.9.